The number of pyridine rings is 1. The molecule has 0 spiro atoms. The van der Waals surface area contributed by atoms with Crippen LogP contribution in [0.15, 0.2) is 112 Å². The lowest BCUT2D eigenvalue weighted by atomic mass is 10.1. The standard InChI is InChI=1S/C25H17N5O/c31-30-22-13-20-8-6-18(28-20)11-16-4-5-17(27-16)12-19-7-9-21(29-19)14-25(30)23(15-22)24-3-1-2-10-26-24/h1-15,28,30H. The van der Waals surface area contributed by atoms with Gasteiger partial charge in [-0.25, -0.2) is 9.98 Å². The molecule has 0 aromatic carbocycles. The predicted molar refractivity (Wildman–Crippen MR) is 122 cm³/mol. The first-order chi connectivity index (χ1) is 15.2. The molecule has 0 amide bonds. The van der Waals surface area contributed by atoms with Crippen molar-refractivity contribution in [2.45, 2.75) is 0 Å². The summed E-state index contributed by atoms with van der Waals surface area (Å²) in [6.07, 6.45) is 19.0. The van der Waals surface area contributed by atoms with Gasteiger partial charge in [0.1, 0.15) is 11.4 Å². The van der Waals surface area contributed by atoms with Crippen LogP contribution in [0, 0.1) is 5.21 Å². The molecule has 0 fully saturated rings. The van der Waals surface area contributed by atoms with E-state index in [9.17, 15) is 5.21 Å². The molecular weight excluding hydrogens is 386 g/mol. The monoisotopic (exact) mass is 403 g/mol. The third-order valence-electron chi connectivity index (χ3n) is 5.34. The van der Waals surface area contributed by atoms with E-state index in [2.05, 4.69) is 20.0 Å². The van der Waals surface area contributed by atoms with Gasteiger partial charge in [-0.2, -0.15) is 0 Å². The van der Waals surface area contributed by atoms with Crippen LogP contribution in [0.1, 0.15) is 5.69 Å². The maximum absolute atomic E-state index is 13.3. The highest BCUT2D eigenvalue weighted by molar-refractivity contribution is 6.19. The van der Waals surface area contributed by atoms with Crippen LogP contribution in [-0.2, 0) is 0 Å². The number of rotatable bonds is 1. The van der Waals surface area contributed by atoms with Gasteiger partial charge in [-0.1, -0.05) is 6.07 Å². The zero-order chi connectivity index (χ0) is 20.8. The lowest BCUT2D eigenvalue weighted by Crippen LogP contribution is -3.01. The number of nitrogens with one attached hydrogen (secondary N) is 2. The van der Waals surface area contributed by atoms with Crippen molar-refractivity contribution in [3.8, 4) is 0 Å². The van der Waals surface area contributed by atoms with Gasteiger partial charge in [0.25, 0.3) is 0 Å². The maximum Gasteiger partial charge on any atom is 0.148 e. The van der Waals surface area contributed by atoms with Crippen LogP contribution in [-0.4, -0.2) is 21.4 Å². The molecule has 8 bridgehead atoms. The Morgan fingerprint density at radius 1 is 0.742 bits per heavy atom. The minimum atomic E-state index is -0.0399. The van der Waals surface area contributed by atoms with Gasteiger partial charge in [0.05, 0.1) is 34.1 Å². The van der Waals surface area contributed by atoms with E-state index in [-0.39, 0.29) is 5.06 Å². The number of H-pyrrole nitrogens is 1. The van der Waals surface area contributed by atoms with Crippen molar-refractivity contribution in [3.63, 3.8) is 0 Å². The zero-order valence-corrected chi connectivity index (χ0v) is 16.4. The van der Waals surface area contributed by atoms with E-state index in [1.807, 2.05) is 85.0 Å². The van der Waals surface area contributed by atoms with Crippen LogP contribution >= 0.6 is 0 Å². The molecule has 0 saturated heterocycles. The van der Waals surface area contributed by atoms with E-state index in [1.54, 1.807) is 6.20 Å². The van der Waals surface area contributed by atoms with Gasteiger partial charge >= 0.3 is 0 Å². The summed E-state index contributed by atoms with van der Waals surface area (Å²) >= 11 is 0. The zero-order valence-electron chi connectivity index (χ0n) is 16.4. The Morgan fingerprint density at radius 2 is 1.48 bits per heavy atom. The number of aromatic nitrogens is 2. The number of fused-ring (bicyclic) bond motifs is 6. The number of nitrogens with zero attached hydrogens (tertiary/aromatic N) is 3. The Morgan fingerprint density at radius 3 is 2.26 bits per heavy atom. The molecule has 2 aromatic rings. The van der Waals surface area contributed by atoms with E-state index in [0.717, 1.165) is 44.8 Å². The number of allylic oxidation sites excluding steroid dienone is 9. The number of hydrogen-bond donors (Lipinski definition) is 2. The summed E-state index contributed by atoms with van der Waals surface area (Å²) in [5.74, 6) is 0. The van der Waals surface area contributed by atoms with E-state index in [4.69, 9.17) is 0 Å². The van der Waals surface area contributed by atoms with Crippen LogP contribution in [0.25, 0.3) is 17.7 Å². The molecule has 4 aliphatic rings. The lowest BCUT2D eigenvalue weighted by Gasteiger charge is -2.19. The number of aliphatic imine (C=N–C) groups is 2. The quantitative estimate of drug-likeness (QED) is 0.707. The average molecular weight is 403 g/mol. The summed E-state index contributed by atoms with van der Waals surface area (Å²) in [6.45, 7) is 0. The molecule has 6 heterocycles. The second-order valence-corrected chi connectivity index (χ2v) is 7.51. The molecule has 0 aliphatic carbocycles. The highest BCUT2D eigenvalue weighted by Gasteiger charge is 2.25. The lowest BCUT2D eigenvalue weighted by molar-refractivity contribution is -0.749. The summed E-state index contributed by atoms with van der Waals surface area (Å²) in [4.78, 5) is 17.1. The van der Waals surface area contributed by atoms with Gasteiger partial charge in [-0.05, 0) is 60.7 Å². The molecular formula is C25H17N5O. The van der Waals surface area contributed by atoms with Gasteiger partial charge < -0.3 is 15.3 Å². The summed E-state index contributed by atoms with van der Waals surface area (Å²) < 4.78 is 0. The summed E-state index contributed by atoms with van der Waals surface area (Å²) in [6, 6.07) is 9.64. The fourth-order valence-electron chi connectivity index (χ4n) is 3.90. The van der Waals surface area contributed by atoms with Gasteiger partial charge in [0.2, 0.25) is 0 Å². The Kier molecular flexibility index (Phi) is 3.99. The molecule has 6 nitrogen and oxygen atoms in total. The smallest absolute Gasteiger partial charge is 0.148 e. The highest BCUT2D eigenvalue weighted by atomic mass is 16.5. The SMILES string of the molecule is [O-][NH+]1C2=CC(c3ccccn3)=C1C=C1C=CC(=N1)C=C1C=CC(=N1)C=c1ccc([nH]1)=C2. The first-order valence-corrected chi connectivity index (χ1v) is 9.99. The van der Waals surface area contributed by atoms with Gasteiger partial charge in [0.15, 0.2) is 0 Å². The topological polar surface area (TPSA) is 80.9 Å². The largest absolute Gasteiger partial charge is 0.623 e. The Hall–Kier alpha value is -4.13. The molecule has 1 unspecified atom stereocenters. The van der Waals surface area contributed by atoms with E-state index >= 15 is 0 Å². The minimum Gasteiger partial charge on any atom is -0.623 e. The van der Waals surface area contributed by atoms with Crippen LogP contribution in [0.3, 0.4) is 0 Å². The van der Waals surface area contributed by atoms with E-state index < -0.39 is 0 Å². The number of hydrogen-bond acceptors (Lipinski definition) is 4. The molecule has 6 rings (SSSR count). The third-order valence-corrected chi connectivity index (χ3v) is 5.34. The van der Waals surface area contributed by atoms with Crippen molar-refractivity contribution in [3.05, 3.63) is 123 Å². The summed E-state index contributed by atoms with van der Waals surface area (Å²) in [5.41, 5.74) is 6.00. The van der Waals surface area contributed by atoms with Crippen molar-refractivity contribution in [1.29, 1.82) is 0 Å². The Balaban J connectivity index is 1.58. The fraction of sp³-hybridized carbons (Fsp3) is 0. The molecule has 148 valence electrons. The molecule has 6 heteroatoms. The van der Waals surface area contributed by atoms with Gasteiger partial charge in [-0.3, -0.25) is 4.98 Å². The highest BCUT2D eigenvalue weighted by Crippen LogP contribution is 2.24. The van der Waals surface area contributed by atoms with Crippen molar-refractivity contribution in [1.82, 2.24) is 9.97 Å². The van der Waals surface area contributed by atoms with Gasteiger partial charge in [-0.15, -0.1) is 0 Å². The molecule has 4 aliphatic heterocycles. The predicted octanol–water partition coefficient (Wildman–Crippen LogP) is 1.47. The Bertz CT molecular complexity index is 1470. The molecule has 0 radical (unpaired) electrons. The van der Waals surface area contributed by atoms with E-state index in [1.165, 1.54) is 0 Å². The van der Waals surface area contributed by atoms with Crippen LogP contribution in [0.5, 0.6) is 0 Å². The van der Waals surface area contributed by atoms with Crippen LogP contribution < -0.4 is 15.8 Å². The summed E-state index contributed by atoms with van der Waals surface area (Å²) in [5, 5.41) is 15.1. The van der Waals surface area contributed by atoms with Crippen molar-refractivity contribution < 1.29 is 5.06 Å². The van der Waals surface area contributed by atoms with Gasteiger partial charge in [0, 0.05) is 35.1 Å². The second kappa shape index (κ2) is 6.98. The number of hydroxylamine groups is 2. The van der Waals surface area contributed by atoms with E-state index in [0.29, 0.717) is 11.4 Å². The number of quaternary nitrogens is 1. The number of aromatic amines is 1. The Labute approximate surface area is 178 Å². The molecule has 31 heavy (non-hydrogen) atoms. The first-order valence-electron chi connectivity index (χ1n) is 9.99. The average Bonchev–Trinajstić information content (AvgIpc) is 3.56. The maximum atomic E-state index is 13.3. The molecule has 1 atom stereocenters. The molecule has 0 saturated carbocycles. The normalized spacial score (nSPS) is 21.2. The van der Waals surface area contributed by atoms with Crippen molar-refractivity contribution in [2.75, 3.05) is 0 Å². The minimum absolute atomic E-state index is 0.0399. The molecule has 2 aromatic heterocycles. The fourth-order valence-corrected chi connectivity index (χ4v) is 3.90. The van der Waals surface area contributed by atoms with Crippen LogP contribution in [0.4, 0.5) is 0 Å². The van der Waals surface area contributed by atoms with Crippen LogP contribution in [0.2, 0.25) is 0 Å². The molecule has 2 N–H and O–H groups in total. The van der Waals surface area contributed by atoms with Crippen molar-refractivity contribution >= 4 is 29.1 Å². The first kappa shape index (κ1) is 17.7. The second-order valence-electron chi connectivity index (χ2n) is 7.51. The third kappa shape index (κ3) is 3.30. The van der Waals surface area contributed by atoms with Crippen molar-refractivity contribution in [2.24, 2.45) is 9.98 Å². The summed E-state index contributed by atoms with van der Waals surface area (Å²) in [7, 11) is 0.